The second-order valence-electron chi connectivity index (χ2n) is 7.23. The third-order valence-corrected chi connectivity index (χ3v) is 4.85. The van der Waals surface area contributed by atoms with Gasteiger partial charge < -0.3 is 10.2 Å². The second kappa shape index (κ2) is 10.8. The Hall–Kier alpha value is -1.19. The fourth-order valence-corrected chi connectivity index (χ4v) is 3.56. The number of aromatic hydroxyl groups is 1. The number of aliphatic hydroxyl groups is 1. The molecule has 0 saturated heterocycles. The number of aliphatic hydroxyl groups excluding tert-OH is 1. The van der Waals surface area contributed by atoms with Crippen molar-refractivity contribution in [1.82, 2.24) is 4.90 Å². The molecule has 0 unspecified atom stereocenters. The van der Waals surface area contributed by atoms with Crippen molar-refractivity contribution in [2.24, 2.45) is 0 Å². The molecule has 3 nitrogen and oxygen atoms in total. The maximum Gasteiger partial charge on any atom is 0.119 e. The first kappa shape index (κ1) is 22.8. The van der Waals surface area contributed by atoms with Crippen molar-refractivity contribution in [1.29, 1.82) is 0 Å². The predicted molar refractivity (Wildman–Crippen MR) is 104 cm³/mol. The van der Waals surface area contributed by atoms with Crippen molar-refractivity contribution < 1.29 is 30.3 Å². The molecule has 0 spiro atoms. The molecule has 1 atom stereocenters. The summed E-state index contributed by atoms with van der Waals surface area (Å²) < 4.78 is 0. The molecule has 0 fully saturated rings. The Bertz CT molecular complexity index is 650. The van der Waals surface area contributed by atoms with Crippen LogP contribution in [0.5, 0.6) is 5.75 Å². The van der Waals surface area contributed by atoms with Crippen LogP contribution in [0.1, 0.15) is 56.7 Å². The van der Waals surface area contributed by atoms with Gasteiger partial charge in [0.15, 0.2) is 0 Å². The molecule has 2 aromatic rings. The van der Waals surface area contributed by atoms with Crippen LogP contribution in [-0.2, 0) is 26.7 Å². The molecule has 26 heavy (non-hydrogen) atoms. The van der Waals surface area contributed by atoms with Crippen LogP contribution in [-0.4, -0.2) is 33.7 Å². The maximum atomic E-state index is 10.5. The SMILES string of the molecule is CC(C)N(CC[C@H](c1ccccc1)c1cc(CO)ccc1O)C(C)C.[Ir]. The quantitative estimate of drug-likeness (QED) is 0.525. The van der Waals surface area contributed by atoms with Crippen LogP contribution in [0.2, 0.25) is 0 Å². The second-order valence-corrected chi connectivity index (χ2v) is 7.23. The van der Waals surface area contributed by atoms with Crippen molar-refractivity contribution in [3.8, 4) is 5.75 Å². The van der Waals surface area contributed by atoms with E-state index in [0.717, 1.165) is 24.1 Å². The fourth-order valence-electron chi connectivity index (χ4n) is 3.56. The van der Waals surface area contributed by atoms with Gasteiger partial charge in [-0.15, -0.1) is 0 Å². The van der Waals surface area contributed by atoms with E-state index >= 15 is 0 Å². The van der Waals surface area contributed by atoms with Crippen LogP contribution >= 0.6 is 0 Å². The number of rotatable bonds is 8. The van der Waals surface area contributed by atoms with Crippen molar-refractivity contribution in [2.45, 2.75) is 58.7 Å². The summed E-state index contributed by atoms with van der Waals surface area (Å²) in [5.41, 5.74) is 2.92. The van der Waals surface area contributed by atoms with Gasteiger partial charge in [-0.2, -0.15) is 0 Å². The minimum Gasteiger partial charge on any atom is -0.508 e. The zero-order valence-corrected chi connectivity index (χ0v) is 18.5. The summed E-state index contributed by atoms with van der Waals surface area (Å²) in [6, 6.07) is 16.7. The number of nitrogens with zero attached hydrogens (tertiary/aromatic N) is 1. The predicted octanol–water partition coefficient (Wildman–Crippen LogP) is 4.52. The number of hydrogen-bond acceptors (Lipinski definition) is 3. The molecule has 0 aliphatic heterocycles. The average molecular weight is 534 g/mol. The molecule has 0 heterocycles. The largest absolute Gasteiger partial charge is 0.508 e. The maximum absolute atomic E-state index is 10.5. The van der Waals surface area contributed by atoms with Gasteiger partial charge in [0.05, 0.1) is 6.61 Å². The Morgan fingerprint density at radius 3 is 2.08 bits per heavy atom. The van der Waals surface area contributed by atoms with E-state index < -0.39 is 0 Å². The first-order valence-corrected chi connectivity index (χ1v) is 9.17. The van der Waals surface area contributed by atoms with Gasteiger partial charge in [0.2, 0.25) is 0 Å². The van der Waals surface area contributed by atoms with Gasteiger partial charge in [0.1, 0.15) is 5.75 Å². The number of phenolic OH excluding ortho intramolecular Hbond substituents is 1. The number of phenols is 1. The van der Waals surface area contributed by atoms with Crippen molar-refractivity contribution in [3.05, 3.63) is 65.2 Å². The molecule has 0 amide bonds. The van der Waals surface area contributed by atoms with Gasteiger partial charge in [0.25, 0.3) is 0 Å². The summed E-state index contributed by atoms with van der Waals surface area (Å²) >= 11 is 0. The smallest absolute Gasteiger partial charge is 0.119 e. The van der Waals surface area contributed by atoms with Gasteiger partial charge in [-0.3, -0.25) is 4.90 Å². The van der Waals surface area contributed by atoms with E-state index in [4.69, 9.17) is 0 Å². The van der Waals surface area contributed by atoms with Gasteiger partial charge in [0, 0.05) is 43.7 Å². The standard InChI is InChI=1S/C22H31NO2.Ir/c1-16(2)23(17(3)4)13-12-20(19-8-6-5-7-9-19)21-14-18(15-24)10-11-22(21)25;/h5-11,14,16-17,20,24-25H,12-13,15H2,1-4H3;/t20-;/m1./s1. The minimum absolute atomic E-state index is 0. The first-order chi connectivity index (χ1) is 11.9. The van der Waals surface area contributed by atoms with E-state index in [1.165, 1.54) is 5.56 Å². The molecule has 2 aromatic carbocycles. The molecule has 145 valence electrons. The van der Waals surface area contributed by atoms with E-state index in [1.807, 2.05) is 24.3 Å². The molecular formula is C22H31IrNO2. The topological polar surface area (TPSA) is 43.7 Å². The molecule has 0 bridgehead atoms. The van der Waals surface area contributed by atoms with Crippen LogP contribution < -0.4 is 0 Å². The fraction of sp³-hybridized carbons (Fsp3) is 0.455. The third kappa shape index (κ3) is 5.92. The summed E-state index contributed by atoms with van der Waals surface area (Å²) in [6.07, 6.45) is 0.919. The van der Waals surface area contributed by atoms with Crippen molar-refractivity contribution >= 4 is 0 Å². The van der Waals surface area contributed by atoms with E-state index in [-0.39, 0.29) is 32.6 Å². The summed E-state index contributed by atoms with van der Waals surface area (Å²) in [5, 5.41) is 19.9. The minimum atomic E-state index is -0.0150. The molecule has 0 aliphatic carbocycles. The van der Waals surface area contributed by atoms with E-state index in [1.54, 1.807) is 12.1 Å². The Balaban J connectivity index is 0.00000338. The normalized spacial score (nSPS) is 12.5. The Morgan fingerprint density at radius 2 is 1.54 bits per heavy atom. The van der Waals surface area contributed by atoms with Crippen LogP contribution in [0.3, 0.4) is 0 Å². The molecule has 0 aliphatic rings. The van der Waals surface area contributed by atoms with E-state index in [2.05, 4.69) is 44.7 Å². The summed E-state index contributed by atoms with van der Waals surface area (Å²) in [7, 11) is 0. The third-order valence-electron chi connectivity index (χ3n) is 4.85. The van der Waals surface area contributed by atoms with E-state index in [0.29, 0.717) is 17.8 Å². The van der Waals surface area contributed by atoms with Gasteiger partial charge >= 0.3 is 0 Å². The molecule has 2 N–H and O–H groups in total. The number of benzene rings is 2. The van der Waals surface area contributed by atoms with Gasteiger partial charge in [-0.05, 0) is 63.9 Å². The monoisotopic (exact) mass is 534 g/mol. The summed E-state index contributed by atoms with van der Waals surface area (Å²) in [4.78, 5) is 2.48. The summed E-state index contributed by atoms with van der Waals surface area (Å²) in [6.45, 7) is 9.84. The van der Waals surface area contributed by atoms with Gasteiger partial charge in [-0.1, -0.05) is 36.4 Å². The molecular weight excluding hydrogens is 502 g/mol. The van der Waals surface area contributed by atoms with Crippen LogP contribution in [0.25, 0.3) is 0 Å². The zero-order chi connectivity index (χ0) is 18.4. The Labute approximate surface area is 171 Å². The first-order valence-electron chi connectivity index (χ1n) is 9.17. The molecule has 0 aromatic heterocycles. The van der Waals surface area contributed by atoms with Crippen molar-refractivity contribution in [2.75, 3.05) is 6.54 Å². The van der Waals surface area contributed by atoms with Crippen molar-refractivity contribution in [3.63, 3.8) is 0 Å². The Kier molecular flexibility index (Phi) is 9.52. The van der Waals surface area contributed by atoms with Crippen LogP contribution in [0, 0.1) is 0 Å². The van der Waals surface area contributed by atoms with Gasteiger partial charge in [-0.25, -0.2) is 0 Å². The molecule has 4 heteroatoms. The molecule has 1 radical (unpaired) electrons. The molecule has 0 saturated carbocycles. The van der Waals surface area contributed by atoms with Crippen LogP contribution in [0.15, 0.2) is 48.5 Å². The Morgan fingerprint density at radius 1 is 0.923 bits per heavy atom. The summed E-state index contributed by atoms with van der Waals surface area (Å²) in [5.74, 6) is 0.402. The molecule has 2 rings (SSSR count). The number of hydrogen-bond donors (Lipinski definition) is 2. The van der Waals surface area contributed by atoms with Crippen LogP contribution in [0.4, 0.5) is 0 Å². The zero-order valence-electron chi connectivity index (χ0n) is 16.1. The van der Waals surface area contributed by atoms with E-state index in [9.17, 15) is 10.2 Å². The average Bonchev–Trinajstić information content (AvgIpc) is 2.59.